The smallest absolute Gasteiger partial charge is 0.114 e. The van der Waals surface area contributed by atoms with Crippen LogP contribution in [0.4, 0.5) is 0 Å². The van der Waals surface area contributed by atoms with E-state index in [0.717, 1.165) is 30.8 Å². The van der Waals surface area contributed by atoms with Crippen molar-refractivity contribution in [2.75, 3.05) is 6.54 Å². The summed E-state index contributed by atoms with van der Waals surface area (Å²) in [5.41, 5.74) is 4.42. The Bertz CT molecular complexity index is 1050. The quantitative estimate of drug-likeness (QED) is 0.239. The minimum absolute atomic E-state index is 0.880. The standard InChI is InChI=1S/C25H27N5S/c1(2-9-18-30-20-24(28-29-30)22-13-10-16-26-19-22)8-17-27-31-25-15-7-6-14-23(25)21-11-4-3-5-12-21/h3-7,10-16,19-20,27H,1-2,8-9,17-18H2. The highest BCUT2D eigenvalue weighted by molar-refractivity contribution is 7.97. The molecular weight excluding hydrogens is 402 g/mol. The maximum Gasteiger partial charge on any atom is 0.114 e. The molecule has 0 bridgehead atoms. The molecule has 6 heteroatoms. The number of benzene rings is 2. The third kappa shape index (κ3) is 6.26. The van der Waals surface area contributed by atoms with Gasteiger partial charge in [-0.3, -0.25) is 14.4 Å². The molecule has 31 heavy (non-hydrogen) atoms. The largest absolute Gasteiger partial charge is 0.264 e. The van der Waals surface area contributed by atoms with Gasteiger partial charge in [0.05, 0.1) is 6.20 Å². The molecule has 2 heterocycles. The summed E-state index contributed by atoms with van der Waals surface area (Å²) in [6.07, 6.45) is 10.3. The summed E-state index contributed by atoms with van der Waals surface area (Å²) in [4.78, 5) is 5.40. The van der Waals surface area contributed by atoms with Crippen LogP contribution in [0.2, 0.25) is 0 Å². The Morgan fingerprint density at radius 2 is 1.61 bits per heavy atom. The lowest BCUT2D eigenvalue weighted by molar-refractivity contribution is 0.522. The SMILES string of the molecule is c1ccc(-c2ccccc2SNCCCCCCn2cc(-c3cccnc3)nn2)cc1. The maximum atomic E-state index is 4.24. The molecule has 4 aromatic rings. The van der Waals surface area contributed by atoms with E-state index < -0.39 is 0 Å². The van der Waals surface area contributed by atoms with Gasteiger partial charge < -0.3 is 0 Å². The molecule has 0 saturated heterocycles. The summed E-state index contributed by atoms with van der Waals surface area (Å²) in [5.74, 6) is 0. The van der Waals surface area contributed by atoms with Crippen LogP contribution >= 0.6 is 11.9 Å². The van der Waals surface area contributed by atoms with Crippen LogP contribution < -0.4 is 4.72 Å². The Morgan fingerprint density at radius 3 is 2.48 bits per heavy atom. The number of rotatable bonds is 11. The Morgan fingerprint density at radius 1 is 0.806 bits per heavy atom. The molecule has 0 aliphatic carbocycles. The van der Waals surface area contributed by atoms with Gasteiger partial charge in [0.2, 0.25) is 0 Å². The third-order valence-corrected chi connectivity index (χ3v) is 5.99. The number of hydrogen-bond donors (Lipinski definition) is 1. The van der Waals surface area contributed by atoms with Crippen LogP contribution in [0.15, 0.2) is 90.2 Å². The van der Waals surface area contributed by atoms with E-state index in [-0.39, 0.29) is 0 Å². The van der Waals surface area contributed by atoms with E-state index in [2.05, 4.69) is 74.6 Å². The molecule has 0 saturated carbocycles. The first kappa shape index (κ1) is 21.3. The Labute approximate surface area is 188 Å². The van der Waals surface area contributed by atoms with E-state index in [1.807, 2.05) is 29.2 Å². The minimum atomic E-state index is 0.880. The summed E-state index contributed by atoms with van der Waals surface area (Å²) in [7, 11) is 0. The fourth-order valence-electron chi connectivity index (χ4n) is 3.42. The van der Waals surface area contributed by atoms with Gasteiger partial charge in [0.15, 0.2) is 0 Å². The zero-order chi connectivity index (χ0) is 21.1. The van der Waals surface area contributed by atoms with Crippen molar-refractivity contribution in [1.29, 1.82) is 0 Å². The van der Waals surface area contributed by atoms with Crippen molar-refractivity contribution in [2.45, 2.75) is 37.1 Å². The fourth-order valence-corrected chi connectivity index (χ4v) is 4.26. The highest BCUT2D eigenvalue weighted by atomic mass is 32.2. The van der Waals surface area contributed by atoms with Crippen LogP contribution in [0.3, 0.4) is 0 Å². The normalized spacial score (nSPS) is 11.0. The van der Waals surface area contributed by atoms with Gasteiger partial charge in [-0.1, -0.05) is 66.6 Å². The van der Waals surface area contributed by atoms with Crippen molar-refractivity contribution in [1.82, 2.24) is 24.7 Å². The monoisotopic (exact) mass is 429 g/mol. The molecule has 2 aromatic carbocycles. The van der Waals surface area contributed by atoms with Gasteiger partial charge in [0.1, 0.15) is 5.69 Å². The van der Waals surface area contributed by atoms with E-state index in [1.54, 1.807) is 18.1 Å². The van der Waals surface area contributed by atoms with Gasteiger partial charge in [-0.25, -0.2) is 0 Å². The molecule has 0 spiro atoms. The van der Waals surface area contributed by atoms with Gasteiger partial charge in [0.25, 0.3) is 0 Å². The predicted molar refractivity (Wildman–Crippen MR) is 127 cm³/mol. The van der Waals surface area contributed by atoms with E-state index in [4.69, 9.17) is 0 Å². The molecule has 2 aromatic heterocycles. The molecular formula is C25H27N5S. The zero-order valence-electron chi connectivity index (χ0n) is 17.5. The summed E-state index contributed by atoms with van der Waals surface area (Å²) in [5, 5.41) is 8.47. The minimum Gasteiger partial charge on any atom is -0.264 e. The van der Waals surface area contributed by atoms with Gasteiger partial charge in [0, 0.05) is 35.9 Å². The summed E-state index contributed by atoms with van der Waals surface area (Å²) in [6.45, 7) is 1.90. The van der Waals surface area contributed by atoms with Crippen LogP contribution in [0.5, 0.6) is 0 Å². The van der Waals surface area contributed by atoms with Crippen molar-refractivity contribution in [3.05, 3.63) is 85.3 Å². The zero-order valence-corrected chi connectivity index (χ0v) is 18.3. The number of aromatic nitrogens is 4. The van der Waals surface area contributed by atoms with Crippen LogP contribution in [-0.2, 0) is 6.54 Å². The molecule has 0 amide bonds. The van der Waals surface area contributed by atoms with E-state index in [9.17, 15) is 0 Å². The van der Waals surface area contributed by atoms with Crippen molar-refractivity contribution in [3.63, 3.8) is 0 Å². The van der Waals surface area contributed by atoms with Gasteiger partial charge >= 0.3 is 0 Å². The van der Waals surface area contributed by atoms with Crippen molar-refractivity contribution >= 4 is 11.9 Å². The maximum absolute atomic E-state index is 4.24. The second-order valence-electron chi connectivity index (χ2n) is 7.38. The first-order valence-corrected chi connectivity index (χ1v) is 11.6. The lowest BCUT2D eigenvalue weighted by Crippen LogP contribution is -2.06. The summed E-state index contributed by atoms with van der Waals surface area (Å²) < 4.78 is 5.45. The molecule has 1 N–H and O–H groups in total. The van der Waals surface area contributed by atoms with Crippen LogP contribution in [0, 0.1) is 0 Å². The van der Waals surface area contributed by atoms with E-state index in [0.29, 0.717) is 0 Å². The molecule has 0 fully saturated rings. The van der Waals surface area contributed by atoms with E-state index in [1.165, 1.54) is 35.3 Å². The lowest BCUT2D eigenvalue weighted by Gasteiger charge is -2.10. The van der Waals surface area contributed by atoms with Gasteiger partial charge in [-0.15, -0.1) is 5.10 Å². The number of pyridine rings is 1. The molecule has 0 atom stereocenters. The molecule has 0 radical (unpaired) electrons. The fraction of sp³-hybridized carbons (Fsp3) is 0.240. The molecule has 0 unspecified atom stereocenters. The van der Waals surface area contributed by atoms with Crippen molar-refractivity contribution < 1.29 is 0 Å². The number of nitrogens with zero attached hydrogens (tertiary/aromatic N) is 4. The number of hydrogen-bond acceptors (Lipinski definition) is 5. The summed E-state index contributed by atoms with van der Waals surface area (Å²) in [6, 6.07) is 23.0. The first-order valence-electron chi connectivity index (χ1n) is 10.7. The average Bonchev–Trinajstić information content (AvgIpc) is 3.31. The topological polar surface area (TPSA) is 55.6 Å². The molecule has 158 valence electrons. The van der Waals surface area contributed by atoms with Gasteiger partial charge in [-0.2, -0.15) is 0 Å². The Hall–Kier alpha value is -2.96. The average molecular weight is 430 g/mol. The Balaban J connectivity index is 1.13. The molecule has 0 aliphatic heterocycles. The first-order chi connectivity index (χ1) is 15.4. The van der Waals surface area contributed by atoms with Crippen molar-refractivity contribution in [2.24, 2.45) is 0 Å². The highest BCUT2D eigenvalue weighted by Gasteiger charge is 2.05. The van der Waals surface area contributed by atoms with E-state index >= 15 is 0 Å². The number of unbranched alkanes of at least 4 members (excludes halogenated alkanes) is 3. The lowest BCUT2D eigenvalue weighted by atomic mass is 10.1. The highest BCUT2D eigenvalue weighted by Crippen LogP contribution is 2.29. The molecule has 4 rings (SSSR count). The predicted octanol–water partition coefficient (Wildman–Crippen LogP) is 5.86. The molecule has 5 nitrogen and oxygen atoms in total. The Kier molecular flexibility index (Phi) is 7.85. The second kappa shape index (κ2) is 11.4. The number of aryl methyl sites for hydroxylation is 1. The van der Waals surface area contributed by atoms with Crippen LogP contribution in [0.1, 0.15) is 25.7 Å². The number of nitrogens with one attached hydrogen (secondary N) is 1. The van der Waals surface area contributed by atoms with Crippen molar-refractivity contribution in [3.8, 4) is 22.4 Å². The summed E-state index contributed by atoms with van der Waals surface area (Å²) >= 11 is 1.73. The second-order valence-corrected chi connectivity index (χ2v) is 8.31. The van der Waals surface area contributed by atoms with Crippen LogP contribution in [0.25, 0.3) is 22.4 Å². The molecule has 0 aliphatic rings. The third-order valence-electron chi connectivity index (χ3n) is 5.07. The van der Waals surface area contributed by atoms with Gasteiger partial charge in [-0.05, 0) is 54.1 Å². The van der Waals surface area contributed by atoms with Crippen LogP contribution in [-0.4, -0.2) is 26.5 Å².